The fourth-order valence-corrected chi connectivity index (χ4v) is 5.91. The van der Waals surface area contributed by atoms with Crippen molar-refractivity contribution in [1.82, 2.24) is 5.32 Å². The Morgan fingerprint density at radius 3 is 2.11 bits per heavy atom. The molecule has 0 radical (unpaired) electrons. The van der Waals surface area contributed by atoms with Crippen LogP contribution in [-0.2, 0) is 9.59 Å². The summed E-state index contributed by atoms with van der Waals surface area (Å²) in [5, 5.41) is 8.71. The first-order valence-electron chi connectivity index (χ1n) is 14.3. The number of hydrogen-bond donors (Lipinski definition) is 3. The minimum absolute atomic E-state index is 0.0840. The number of carbonyl (C=O) groups is 3. The molecule has 0 heterocycles. The predicted octanol–water partition coefficient (Wildman–Crippen LogP) is 9.18. The summed E-state index contributed by atoms with van der Waals surface area (Å²) in [6, 6.07) is 37.8. The average molecular weight is 667 g/mol. The smallest absolute Gasteiger partial charge is 0.272 e. The molecule has 5 aromatic rings. The highest BCUT2D eigenvalue weighted by molar-refractivity contribution is 8.00. The van der Waals surface area contributed by atoms with Crippen LogP contribution in [0.4, 0.5) is 11.4 Å². The number of carbonyl (C=O) groups excluding carboxylic acids is 3. The van der Waals surface area contributed by atoms with Crippen LogP contribution in [0.3, 0.4) is 0 Å². The van der Waals surface area contributed by atoms with Gasteiger partial charge in [0.15, 0.2) is 0 Å². The number of amides is 3. The Balaban J connectivity index is 1.38. The van der Waals surface area contributed by atoms with E-state index in [4.69, 9.17) is 23.2 Å². The molecular formula is C37H29Cl2N3O3S. The van der Waals surface area contributed by atoms with Crippen LogP contribution in [0.25, 0.3) is 6.08 Å². The summed E-state index contributed by atoms with van der Waals surface area (Å²) in [4.78, 5) is 40.9. The molecule has 0 fully saturated rings. The number of aryl methyl sites for hydroxylation is 1. The van der Waals surface area contributed by atoms with Crippen LogP contribution in [0.5, 0.6) is 0 Å². The number of thioether (sulfide) groups is 1. The zero-order valence-corrected chi connectivity index (χ0v) is 27.0. The van der Waals surface area contributed by atoms with E-state index in [1.807, 2.05) is 73.7 Å². The molecular weight excluding hydrogens is 637 g/mol. The lowest BCUT2D eigenvalue weighted by Crippen LogP contribution is -2.30. The van der Waals surface area contributed by atoms with Crippen molar-refractivity contribution in [1.29, 1.82) is 0 Å². The van der Waals surface area contributed by atoms with E-state index in [-0.39, 0.29) is 11.6 Å². The van der Waals surface area contributed by atoms with E-state index in [9.17, 15) is 14.4 Å². The second-order valence-corrected chi connectivity index (χ2v) is 12.3. The van der Waals surface area contributed by atoms with Crippen molar-refractivity contribution in [2.75, 3.05) is 10.6 Å². The molecule has 230 valence electrons. The number of benzene rings is 5. The van der Waals surface area contributed by atoms with Crippen molar-refractivity contribution >= 4 is 70.1 Å². The van der Waals surface area contributed by atoms with Crippen molar-refractivity contribution in [2.24, 2.45) is 0 Å². The highest BCUT2D eigenvalue weighted by Gasteiger charge is 2.23. The maximum absolute atomic E-state index is 13.6. The van der Waals surface area contributed by atoms with E-state index in [0.717, 1.165) is 21.6 Å². The molecule has 46 heavy (non-hydrogen) atoms. The number of anilines is 2. The van der Waals surface area contributed by atoms with Crippen LogP contribution < -0.4 is 16.0 Å². The Morgan fingerprint density at radius 2 is 1.39 bits per heavy atom. The van der Waals surface area contributed by atoms with Crippen molar-refractivity contribution in [3.8, 4) is 0 Å². The van der Waals surface area contributed by atoms with E-state index < -0.39 is 17.1 Å². The van der Waals surface area contributed by atoms with E-state index in [0.29, 0.717) is 27.0 Å². The molecule has 3 amide bonds. The van der Waals surface area contributed by atoms with Crippen molar-refractivity contribution in [2.45, 2.75) is 17.1 Å². The Kier molecular flexibility index (Phi) is 10.9. The van der Waals surface area contributed by atoms with Crippen LogP contribution in [0, 0.1) is 6.92 Å². The molecule has 0 aromatic heterocycles. The molecule has 0 aliphatic rings. The van der Waals surface area contributed by atoms with Gasteiger partial charge in [-0.3, -0.25) is 14.4 Å². The summed E-state index contributed by atoms with van der Waals surface area (Å²) in [7, 11) is 0. The molecule has 5 aromatic carbocycles. The minimum atomic E-state index is -0.622. The number of hydrogen-bond acceptors (Lipinski definition) is 4. The SMILES string of the molecule is Cc1cccc(/C=C(/NC(=O)c2ccccc2)C(=O)Nc2cccc(SC(C(=O)Nc3ccc(Cl)c(Cl)c3)c3ccccc3)c2)c1. The lowest BCUT2D eigenvalue weighted by molar-refractivity contribution is -0.116. The second kappa shape index (κ2) is 15.5. The monoisotopic (exact) mass is 665 g/mol. The number of halogens is 2. The third kappa shape index (κ3) is 8.88. The summed E-state index contributed by atoms with van der Waals surface area (Å²) >= 11 is 13.5. The topological polar surface area (TPSA) is 87.3 Å². The van der Waals surface area contributed by atoms with Gasteiger partial charge in [0.2, 0.25) is 5.91 Å². The van der Waals surface area contributed by atoms with Gasteiger partial charge in [-0.15, -0.1) is 11.8 Å². The molecule has 0 spiro atoms. The summed E-state index contributed by atoms with van der Waals surface area (Å²) in [6.45, 7) is 1.95. The summed E-state index contributed by atoms with van der Waals surface area (Å²) in [5.41, 5.74) is 4.11. The third-order valence-electron chi connectivity index (χ3n) is 6.76. The predicted molar refractivity (Wildman–Crippen MR) is 188 cm³/mol. The van der Waals surface area contributed by atoms with Gasteiger partial charge >= 0.3 is 0 Å². The minimum Gasteiger partial charge on any atom is -0.325 e. The summed E-state index contributed by atoms with van der Waals surface area (Å²) in [6.07, 6.45) is 1.64. The van der Waals surface area contributed by atoms with Crippen LogP contribution in [0.1, 0.15) is 32.3 Å². The highest BCUT2D eigenvalue weighted by atomic mass is 35.5. The van der Waals surface area contributed by atoms with Gasteiger partial charge in [-0.2, -0.15) is 0 Å². The average Bonchev–Trinajstić information content (AvgIpc) is 3.06. The highest BCUT2D eigenvalue weighted by Crippen LogP contribution is 2.37. The van der Waals surface area contributed by atoms with Gasteiger partial charge < -0.3 is 16.0 Å². The van der Waals surface area contributed by atoms with Crippen LogP contribution in [0.2, 0.25) is 10.0 Å². The zero-order valence-electron chi connectivity index (χ0n) is 24.7. The number of nitrogens with one attached hydrogen (secondary N) is 3. The lowest BCUT2D eigenvalue weighted by atomic mass is 10.1. The Labute approximate surface area is 281 Å². The van der Waals surface area contributed by atoms with Crippen LogP contribution in [-0.4, -0.2) is 17.7 Å². The quantitative estimate of drug-likeness (QED) is 0.103. The fourth-order valence-electron chi connectivity index (χ4n) is 4.53. The van der Waals surface area contributed by atoms with Gasteiger partial charge in [0.1, 0.15) is 10.9 Å². The second-order valence-electron chi connectivity index (χ2n) is 10.3. The van der Waals surface area contributed by atoms with Crippen LogP contribution >= 0.6 is 35.0 Å². The van der Waals surface area contributed by atoms with E-state index in [2.05, 4.69) is 16.0 Å². The first-order chi connectivity index (χ1) is 22.2. The van der Waals surface area contributed by atoms with Crippen molar-refractivity contribution < 1.29 is 14.4 Å². The van der Waals surface area contributed by atoms with Crippen molar-refractivity contribution in [3.05, 3.63) is 165 Å². The Hall–Kier alpha value is -4.82. The molecule has 0 saturated heterocycles. The van der Waals surface area contributed by atoms with E-state index in [1.54, 1.807) is 66.7 Å². The molecule has 0 aliphatic carbocycles. The molecule has 3 N–H and O–H groups in total. The van der Waals surface area contributed by atoms with Gasteiger partial charge in [0.05, 0.1) is 10.0 Å². The van der Waals surface area contributed by atoms with Gasteiger partial charge in [0, 0.05) is 21.8 Å². The third-order valence-corrected chi connectivity index (χ3v) is 8.74. The molecule has 1 unspecified atom stereocenters. The molecule has 0 aliphatic heterocycles. The molecule has 1 atom stereocenters. The Bertz CT molecular complexity index is 1900. The molecule has 0 saturated carbocycles. The number of rotatable bonds is 10. The molecule has 9 heteroatoms. The largest absolute Gasteiger partial charge is 0.325 e. The first-order valence-corrected chi connectivity index (χ1v) is 15.9. The van der Waals surface area contributed by atoms with Crippen LogP contribution in [0.15, 0.2) is 138 Å². The van der Waals surface area contributed by atoms with Gasteiger partial charge in [0.25, 0.3) is 11.8 Å². The Morgan fingerprint density at radius 1 is 0.696 bits per heavy atom. The maximum Gasteiger partial charge on any atom is 0.272 e. The van der Waals surface area contributed by atoms with Crippen molar-refractivity contribution in [3.63, 3.8) is 0 Å². The molecule has 0 bridgehead atoms. The summed E-state index contributed by atoms with van der Waals surface area (Å²) < 4.78 is 0. The van der Waals surface area contributed by atoms with Gasteiger partial charge in [-0.1, -0.05) is 108 Å². The normalized spacial score (nSPS) is 11.8. The van der Waals surface area contributed by atoms with Gasteiger partial charge in [-0.05, 0) is 72.7 Å². The first kappa shape index (κ1) is 32.6. The summed E-state index contributed by atoms with van der Waals surface area (Å²) in [5.74, 6) is -1.15. The van der Waals surface area contributed by atoms with Gasteiger partial charge in [-0.25, -0.2) is 0 Å². The zero-order chi connectivity index (χ0) is 32.5. The fraction of sp³-hybridized carbons (Fsp3) is 0.0541. The maximum atomic E-state index is 13.6. The standard InChI is InChI=1S/C37H29Cl2N3O3S/c1-24-10-8-11-25(20-24)21-33(42-35(43)27-14-6-3-7-15-27)36(44)40-28-16-9-17-30(22-28)46-34(26-12-4-2-5-13-26)37(45)41-29-18-19-31(38)32(39)23-29/h2-23,34H,1H3,(H,40,44)(H,41,45)(H,42,43)/b33-21+. The van der Waals surface area contributed by atoms with E-state index in [1.165, 1.54) is 11.8 Å². The lowest BCUT2D eigenvalue weighted by Gasteiger charge is -2.18. The molecule has 6 nitrogen and oxygen atoms in total. The van der Waals surface area contributed by atoms with E-state index >= 15 is 0 Å². The molecule has 5 rings (SSSR count).